The zero-order valence-corrected chi connectivity index (χ0v) is 16.8. The summed E-state index contributed by atoms with van der Waals surface area (Å²) in [5, 5.41) is -0.0973. The normalized spacial score (nSPS) is 19.4. The van der Waals surface area contributed by atoms with Gasteiger partial charge in [-0.1, -0.05) is 31.9 Å². The van der Waals surface area contributed by atoms with Crippen LogP contribution < -0.4 is 0 Å². The first kappa shape index (κ1) is 20.8. The minimum Gasteiger partial charge on any atom is -0.206 e. The van der Waals surface area contributed by atoms with Crippen molar-refractivity contribution >= 4 is 10.8 Å². The Morgan fingerprint density at radius 2 is 1.43 bits per heavy atom. The summed E-state index contributed by atoms with van der Waals surface area (Å²) in [6.07, 6.45) is 6.33. The predicted molar refractivity (Wildman–Crippen MR) is 109 cm³/mol. The van der Waals surface area contributed by atoms with Crippen molar-refractivity contribution in [2.75, 3.05) is 0 Å². The van der Waals surface area contributed by atoms with Crippen molar-refractivity contribution < 1.29 is 22.0 Å². The van der Waals surface area contributed by atoms with Crippen LogP contribution in [0.1, 0.15) is 56.9 Å². The molecule has 158 valence electrons. The summed E-state index contributed by atoms with van der Waals surface area (Å²) in [6.45, 7) is 2.17. The Morgan fingerprint density at radius 3 is 2.07 bits per heavy atom. The largest absolute Gasteiger partial charge is 0.206 e. The van der Waals surface area contributed by atoms with Crippen LogP contribution in [0, 0.1) is 35.0 Å². The van der Waals surface area contributed by atoms with Crippen LogP contribution in [0.25, 0.3) is 21.9 Å². The number of hydrogen-bond acceptors (Lipinski definition) is 0. The van der Waals surface area contributed by atoms with Gasteiger partial charge < -0.3 is 0 Å². The number of benzene rings is 3. The van der Waals surface area contributed by atoms with Gasteiger partial charge in [-0.15, -0.1) is 0 Å². The first-order chi connectivity index (χ1) is 14.4. The van der Waals surface area contributed by atoms with Crippen molar-refractivity contribution in [2.45, 2.75) is 51.4 Å². The average molecular weight is 418 g/mol. The fourth-order valence-electron chi connectivity index (χ4n) is 4.76. The number of halogens is 5. The first-order valence-electron chi connectivity index (χ1n) is 10.5. The van der Waals surface area contributed by atoms with E-state index in [4.69, 9.17) is 0 Å². The summed E-state index contributed by atoms with van der Waals surface area (Å²) in [5.74, 6) is -4.79. The third kappa shape index (κ3) is 3.82. The van der Waals surface area contributed by atoms with Crippen LogP contribution in [0.2, 0.25) is 0 Å². The van der Waals surface area contributed by atoms with Crippen LogP contribution in [-0.2, 0) is 0 Å². The molecule has 30 heavy (non-hydrogen) atoms. The van der Waals surface area contributed by atoms with Crippen LogP contribution in [0.3, 0.4) is 0 Å². The Morgan fingerprint density at radius 1 is 0.767 bits per heavy atom. The lowest BCUT2D eigenvalue weighted by Gasteiger charge is -2.29. The van der Waals surface area contributed by atoms with Gasteiger partial charge in [-0.3, -0.25) is 0 Å². The topological polar surface area (TPSA) is 0 Å². The monoisotopic (exact) mass is 418 g/mol. The van der Waals surface area contributed by atoms with Crippen molar-refractivity contribution in [3.63, 3.8) is 0 Å². The molecule has 0 aromatic heterocycles. The van der Waals surface area contributed by atoms with E-state index in [0.29, 0.717) is 11.5 Å². The summed E-state index contributed by atoms with van der Waals surface area (Å²) in [5.41, 5.74) is 0.565. The van der Waals surface area contributed by atoms with Crippen molar-refractivity contribution in [1.29, 1.82) is 0 Å². The van der Waals surface area contributed by atoms with Gasteiger partial charge in [0, 0.05) is 5.39 Å². The van der Waals surface area contributed by atoms with Gasteiger partial charge in [0.1, 0.15) is 11.6 Å². The molecule has 0 amide bonds. The van der Waals surface area contributed by atoms with Crippen LogP contribution in [0.4, 0.5) is 22.0 Å². The molecule has 4 rings (SSSR count). The van der Waals surface area contributed by atoms with E-state index in [1.54, 1.807) is 0 Å². The van der Waals surface area contributed by atoms with Crippen molar-refractivity contribution in [1.82, 2.24) is 0 Å². The van der Waals surface area contributed by atoms with Gasteiger partial charge in [-0.2, -0.15) is 0 Å². The summed E-state index contributed by atoms with van der Waals surface area (Å²) in [4.78, 5) is 0. The molecule has 0 nitrogen and oxygen atoms in total. The third-order valence-electron chi connectivity index (χ3n) is 6.34. The second-order valence-electron chi connectivity index (χ2n) is 8.29. The first-order valence-corrected chi connectivity index (χ1v) is 10.5. The van der Waals surface area contributed by atoms with Gasteiger partial charge in [-0.05, 0) is 78.3 Å². The molecule has 0 radical (unpaired) electrons. The summed E-state index contributed by atoms with van der Waals surface area (Å²) in [6, 6.07) is 7.39. The van der Waals surface area contributed by atoms with E-state index < -0.39 is 29.1 Å². The smallest absolute Gasteiger partial charge is 0.195 e. The highest BCUT2D eigenvalue weighted by atomic mass is 19.2. The third-order valence-corrected chi connectivity index (χ3v) is 6.34. The van der Waals surface area contributed by atoms with E-state index in [9.17, 15) is 22.0 Å². The quantitative estimate of drug-likeness (QED) is 0.295. The molecule has 1 aliphatic rings. The Labute approximate surface area is 172 Å². The Kier molecular flexibility index (Phi) is 5.81. The predicted octanol–water partition coefficient (Wildman–Crippen LogP) is 8.28. The Balaban J connectivity index is 1.66. The fraction of sp³-hybridized carbons (Fsp3) is 0.360. The standard InChI is InChI=1S/C25H23F5/c1-2-3-14-4-6-15(7-5-14)17-11-20(26)23(21(27)12-17)16-8-9-19-18(10-16)13-22(28)25(30)24(19)29/h8-15H,2-7H2,1H3. The zero-order chi connectivity index (χ0) is 21.4. The van der Waals surface area contributed by atoms with Gasteiger partial charge in [0.2, 0.25) is 0 Å². The van der Waals surface area contributed by atoms with Crippen LogP contribution in [-0.4, -0.2) is 0 Å². The van der Waals surface area contributed by atoms with Crippen molar-refractivity contribution in [3.05, 3.63) is 71.0 Å². The molecule has 0 atom stereocenters. The van der Waals surface area contributed by atoms with Gasteiger partial charge in [0.25, 0.3) is 0 Å². The summed E-state index contributed by atoms with van der Waals surface area (Å²) in [7, 11) is 0. The molecule has 1 saturated carbocycles. The van der Waals surface area contributed by atoms with Gasteiger partial charge in [0.05, 0.1) is 5.56 Å². The maximum Gasteiger partial charge on any atom is 0.195 e. The van der Waals surface area contributed by atoms with E-state index in [1.807, 2.05) is 0 Å². The maximum absolute atomic E-state index is 14.9. The molecule has 0 aliphatic heterocycles. The fourth-order valence-corrected chi connectivity index (χ4v) is 4.76. The summed E-state index contributed by atoms with van der Waals surface area (Å²) >= 11 is 0. The van der Waals surface area contributed by atoms with E-state index in [2.05, 4.69) is 6.92 Å². The number of hydrogen-bond donors (Lipinski definition) is 0. The summed E-state index contributed by atoms with van der Waals surface area (Å²) < 4.78 is 70.8. The molecule has 3 aromatic carbocycles. The molecule has 0 heterocycles. The molecule has 0 bridgehead atoms. The molecule has 1 aliphatic carbocycles. The van der Waals surface area contributed by atoms with E-state index in [0.717, 1.165) is 38.2 Å². The molecule has 0 saturated heterocycles. The van der Waals surface area contributed by atoms with Crippen molar-refractivity contribution in [3.8, 4) is 11.1 Å². The molecular formula is C25H23F5. The van der Waals surface area contributed by atoms with E-state index in [-0.39, 0.29) is 27.8 Å². The van der Waals surface area contributed by atoms with Crippen LogP contribution in [0.15, 0.2) is 36.4 Å². The number of rotatable bonds is 4. The molecule has 5 heteroatoms. The van der Waals surface area contributed by atoms with E-state index >= 15 is 0 Å². The highest BCUT2D eigenvalue weighted by Gasteiger charge is 2.24. The van der Waals surface area contributed by atoms with Crippen LogP contribution in [0.5, 0.6) is 0 Å². The van der Waals surface area contributed by atoms with Gasteiger partial charge in [-0.25, -0.2) is 22.0 Å². The van der Waals surface area contributed by atoms with Crippen LogP contribution >= 0.6 is 0 Å². The van der Waals surface area contributed by atoms with Gasteiger partial charge in [0.15, 0.2) is 17.5 Å². The minimum absolute atomic E-state index is 0.0426. The molecule has 0 unspecified atom stereocenters. The molecule has 1 fully saturated rings. The zero-order valence-electron chi connectivity index (χ0n) is 16.8. The lowest BCUT2D eigenvalue weighted by Crippen LogP contribution is -2.13. The lowest BCUT2D eigenvalue weighted by molar-refractivity contribution is 0.307. The minimum atomic E-state index is -1.56. The highest BCUT2D eigenvalue weighted by molar-refractivity contribution is 5.88. The molecule has 3 aromatic rings. The molecule has 0 spiro atoms. The second-order valence-corrected chi connectivity index (χ2v) is 8.29. The Bertz CT molecular complexity index is 1060. The van der Waals surface area contributed by atoms with Crippen molar-refractivity contribution in [2.24, 2.45) is 5.92 Å². The molecular weight excluding hydrogens is 395 g/mol. The maximum atomic E-state index is 14.9. The average Bonchev–Trinajstić information content (AvgIpc) is 2.72. The highest BCUT2D eigenvalue weighted by Crippen LogP contribution is 2.40. The molecule has 0 N–H and O–H groups in total. The lowest BCUT2D eigenvalue weighted by atomic mass is 9.77. The van der Waals surface area contributed by atoms with Gasteiger partial charge >= 0.3 is 0 Å². The second kappa shape index (κ2) is 8.37. The van der Waals surface area contributed by atoms with E-state index in [1.165, 1.54) is 36.8 Å². The number of fused-ring (bicyclic) bond motifs is 1. The SMILES string of the molecule is CCCC1CCC(c2cc(F)c(-c3ccc4c(F)c(F)c(F)cc4c3)c(F)c2)CC1. The Hall–Kier alpha value is -2.43.